The summed E-state index contributed by atoms with van der Waals surface area (Å²) < 4.78 is 32.5. The van der Waals surface area contributed by atoms with Crippen molar-refractivity contribution in [2.45, 2.75) is 13.0 Å². The zero-order valence-corrected chi connectivity index (χ0v) is 9.86. The van der Waals surface area contributed by atoms with E-state index in [1.807, 2.05) is 0 Å². The van der Waals surface area contributed by atoms with Crippen LogP contribution in [0.2, 0.25) is 0 Å². The van der Waals surface area contributed by atoms with E-state index >= 15 is 0 Å². The second-order valence-corrected chi connectivity index (χ2v) is 3.97. The van der Waals surface area contributed by atoms with Crippen LogP contribution in [0.25, 0.3) is 0 Å². The molecule has 2 aromatic rings. The van der Waals surface area contributed by atoms with Crippen molar-refractivity contribution in [3.8, 4) is 11.5 Å². The Morgan fingerprint density at radius 3 is 2.22 bits per heavy atom. The maximum atomic E-state index is 13.7. The Labute approximate surface area is 104 Å². The van der Waals surface area contributed by atoms with E-state index in [4.69, 9.17) is 10.5 Å². The quantitative estimate of drug-likeness (QED) is 0.898. The Bertz CT molecular complexity index is 555. The Balaban J connectivity index is 2.41. The highest BCUT2D eigenvalue weighted by molar-refractivity contribution is 5.40. The minimum atomic E-state index is -0.534. The van der Waals surface area contributed by atoms with E-state index in [1.54, 1.807) is 25.1 Å². The van der Waals surface area contributed by atoms with Gasteiger partial charge in [0.25, 0.3) is 0 Å². The van der Waals surface area contributed by atoms with E-state index in [9.17, 15) is 8.78 Å². The molecule has 2 rings (SSSR count). The minimum Gasteiger partial charge on any atom is -0.454 e. The van der Waals surface area contributed by atoms with Crippen LogP contribution in [-0.2, 0) is 0 Å². The summed E-state index contributed by atoms with van der Waals surface area (Å²) in [4.78, 5) is 0. The molecule has 4 heteroatoms. The van der Waals surface area contributed by atoms with Crippen LogP contribution in [0.3, 0.4) is 0 Å². The first kappa shape index (κ1) is 12.5. The van der Waals surface area contributed by atoms with Gasteiger partial charge in [-0.2, -0.15) is 0 Å². The molecule has 0 saturated carbocycles. The van der Waals surface area contributed by atoms with Gasteiger partial charge in [0.1, 0.15) is 11.6 Å². The summed E-state index contributed by atoms with van der Waals surface area (Å²) in [6.45, 7) is 1.65. The molecule has 0 aliphatic rings. The summed E-state index contributed by atoms with van der Waals surface area (Å²) in [5.41, 5.74) is 5.93. The lowest BCUT2D eigenvalue weighted by molar-refractivity contribution is 0.428. The van der Waals surface area contributed by atoms with Gasteiger partial charge in [-0.15, -0.1) is 0 Å². The zero-order valence-electron chi connectivity index (χ0n) is 9.86. The largest absolute Gasteiger partial charge is 0.454 e. The Morgan fingerprint density at radius 1 is 0.944 bits per heavy atom. The molecule has 18 heavy (non-hydrogen) atoms. The number of hydrogen-bond donors (Lipinski definition) is 1. The molecule has 0 aliphatic heterocycles. The molecule has 0 amide bonds. The van der Waals surface area contributed by atoms with Crippen LogP contribution in [0.1, 0.15) is 18.5 Å². The lowest BCUT2D eigenvalue weighted by Gasteiger charge is -2.14. The molecule has 1 unspecified atom stereocenters. The van der Waals surface area contributed by atoms with Gasteiger partial charge >= 0.3 is 0 Å². The predicted molar refractivity (Wildman–Crippen MR) is 65.5 cm³/mol. The summed E-state index contributed by atoms with van der Waals surface area (Å²) in [5.74, 6) is -0.684. The molecule has 2 aromatic carbocycles. The van der Waals surface area contributed by atoms with E-state index in [0.717, 1.165) is 0 Å². The van der Waals surface area contributed by atoms with Crippen molar-refractivity contribution in [1.29, 1.82) is 0 Å². The van der Waals surface area contributed by atoms with Gasteiger partial charge in [0.15, 0.2) is 11.6 Å². The van der Waals surface area contributed by atoms with Gasteiger partial charge in [-0.05, 0) is 31.2 Å². The maximum Gasteiger partial charge on any atom is 0.165 e. The van der Waals surface area contributed by atoms with Gasteiger partial charge in [-0.3, -0.25) is 0 Å². The third-order valence-electron chi connectivity index (χ3n) is 2.52. The molecule has 2 nitrogen and oxygen atoms in total. The van der Waals surface area contributed by atoms with Crippen molar-refractivity contribution in [2.24, 2.45) is 5.73 Å². The SMILES string of the molecule is CC(N)c1c(F)cccc1Oc1ccccc1F. The Kier molecular flexibility index (Phi) is 3.58. The smallest absolute Gasteiger partial charge is 0.165 e. The zero-order chi connectivity index (χ0) is 13.1. The summed E-state index contributed by atoms with van der Waals surface area (Å²) >= 11 is 0. The maximum absolute atomic E-state index is 13.7. The van der Waals surface area contributed by atoms with Crippen LogP contribution in [-0.4, -0.2) is 0 Å². The monoisotopic (exact) mass is 249 g/mol. The standard InChI is InChI=1S/C14H13F2NO/c1-9(17)14-11(16)6-4-8-13(14)18-12-7-3-2-5-10(12)15/h2-9H,17H2,1H3. The lowest BCUT2D eigenvalue weighted by Crippen LogP contribution is -2.09. The molecule has 0 radical (unpaired) electrons. The lowest BCUT2D eigenvalue weighted by atomic mass is 10.1. The number of benzene rings is 2. The number of nitrogens with two attached hydrogens (primary N) is 1. The fourth-order valence-electron chi connectivity index (χ4n) is 1.69. The van der Waals surface area contributed by atoms with E-state index in [-0.39, 0.29) is 17.1 Å². The highest BCUT2D eigenvalue weighted by Gasteiger charge is 2.15. The third kappa shape index (κ3) is 2.49. The van der Waals surface area contributed by atoms with Crippen LogP contribution >= 0.6 is 0 Å². The fourth-order valence-corrected chi connectivity index (χ4v) is 1.69. The van der Waals surface area contributed by atoms with Gasteiger partial charge in [0.2, 0.25) is 0 Å². The number of halogens is 2. The molecule has 0 spiro atoms. The van der Waals surface area contributed by atoms with Gasteiger partial charge in [-0.1, -0.05) is 18.2 Å². The van der Waals surface area contributed by atoms with Crippen molar-refractivity contribution in [3.63, 3.8) is 0 Å². The van der Waals surface area contributed by atoms with Crippen LogP contribution in [0.15, 0.2) is 42.5 Å². The summed E-state index contributed by atoms with van der Waals surface area (Å²) in [7, 11) is 0. The second kappa shape index (κ2) is 5.14. The fraction of sp³-hybridized carbons (Fsp3) is 0.143. The van der Waals surface area contributed by atoms with Gasteiger partial charge in [-0.25, -0.2) is 8.78 Å². The van der Waals surface area contributed by atoms with E-state index in [1.165, 1.54) is 24.3 Å². The number of hydrogen-bond acceptors (Lipinski definition) is 2. The molecule has 0 aliphatic carbocycles. The number of rotatable bonds is 3. The first-order valence-electron chi connectivity index (χ1n) is 5.56. The van der Waals surface area contributed by atoms with Crippen molar-refractivity contribution < 1.29 is 13.5 Å². The molecule has 0 heterocycles. The van der Waals surface area contributed by atoms with Crippen molar-refractivity contribution in [3.05, 3.63) is 59.7 Å². The summed E-state index contributed by atoms with van der Waals surface area (Å²) in [6.07, 6.45) is 0. The summed E-state index contributed by atoms with van der Waals surface area (Å²) in [6, 6.07) is 9.78. The van der Waals surface area contributed by atoms with Crippen LogP contribution < -0.4 is 10.5 Å². The first-order chi connectivity index (χ1) is 8.59. The highest BCUT2D eigenvalue weighted by atomic mass is 19.1. The molecule has 1 atom stereocenters. The van der Waals surface area contributed by atoms with Crippen molar-refractivity contribution in [2.75, 3.05) is 0 Å². The molecular formula is C14H13F2NO. The van der Waals surface area contributed by atoms with Crippen LogP contribution in [0.4, 0.5) is 8.78 Å². The van der Waals surface area contributed by atoms with Gasteiger partial charge in [0.05, 0.1) is 0 Å². The molecule has 0 fully saturated rings. The average molecular weight is 249 g/mol. The highest BCUT2D eigenvalue weighted by Crippen LogP contribution is 2.31. The normalized spacial score (nSPS) is 12.2. The molecule has 94 valence electrons. The van der Waals surface area contributed by atoms with E-state index in [2.05, 4.69) is 0 Å². The first-order valence-corrected chi connectivity index (χ1v) is 5.56. The van der Waals surface area contributed by atoms with E-state index in [0.29, 0.717) is 0 Å². The van der Waals surface area contributed by atoms with Gasteiger partial charge < -0.3 is 10.5 Å². The Hall–Kier alpha value is -1.94. The second-order valence-electron chi connectivity index (χ2n) is 3.97. The van der Waals surface area contributed by atoms with Crippen molar-refractivity contribution >= 4 is 0 Å². The predicted octanol–water partition coefficient (Wildman–Crippen LogP) is 3.78. The van der Waals surface area contributed by atoms with Crippen LogP contribution in [0.5, 0.6) is 11.5 Å². The number of para-hydroxylation sites is 1. The third-order valence-corrected chi connectivity index (χ3v) is 2.52. The molecular weight excluding hydrogens is 236 g/mol. The van der Waals surface area contributed by atoms with E-state index < -0.39 is 17.7 Å². The molecule has 2 N–H and O–H groups in total. The van der Waals surface area contributed by atoms with Crippen molar-refractivity contribution in [1.82, 2.24) is 0 Å². The minimum absolute atomic E-state index is 0.0463. The van der Waals surface area contributed by atoms with Gasteiger partial charge in [0, 0.05) is 11.6 Å². The average Bonchev–Trinajstić information content (AvgIpc) is 2.31. The number of ether oxygens (including phenoxy) is 1. The summed E-state index contributed by atoms with van der Waals surface area (Å²) in [5, 5.41) is 0. The van der Waals surface area contributed by atoms with Crippen LogP contribution in [0, 0.1) is 11.6 Å². The topological polar surface area (TPSA) is 35.2 Å². The Morgan fingerprint density at radius 2 is 1.56 bits per heavy atom. The molecule has 0 bridgehead atoms. The molecule has 0 aromatic heterocycles. The molecule has 0 saturated heterocycles.